The van der Waals surface area contributed by atoms with E-state index in [0.29, 0.717) is 11.2 Å². The lowest BCUT2D eigenvalue weighted by Crippen LogP contribution is -2.22. The number of aryl methyl sites for hydroxylation is 1. The molecule has 74 valence electrons. The molecule has 2 heterocycles. The van der Waals surface area contributed by atoms with Crippen molar-refractivity contribution in [3.63, 3.8) is 0 Å². The van der Waals surface area contributed by atoms with E-state index in [4.69, 9.17) is 4.42 Å². The predicted octanol–water partition coefficient (Wildman–Crippen LogP) is 1.59. The fraction of sp³-hybridized carbons (Fsp3) is 0.222. The first kappa shape index (κ1) is 9.33. The van der Waals surface area contributed by atoms with Gasteiger partial charge in [0.1, 0.15) is 5.76 Å². The summed E-state index contributed by atoms with van der Waals surface area (Å²) in [4.78, 5) is 11.5. The Bertz CT molecular complexity index is 495. The summed E-state index contributed by atoms with van der Waals surface area (Å²) in [5, 5.41) is 0. The maximum atomic E-state index is 11.5. The van der Waals surface area contributed by atoms with Crippen molar-refractivity contribution >= 4 is 15.9 Å². The van der Waals surface area contributed by atoms with Crippen LogP contribution >= 0.6 is 15.9 Å². The van der Waals surface area contributed by atoms with Gasteiger partial charge < -0.3 is 8.98 Å². The number of hydrogen-bond acceptors (Lipinski definition) is 2. The molecule has 0 radical (unpaired) electrons. The van der Waals surface area contributed by atoms with Gasteiger partial charge in [0.15, 0.2) is 4.67 Å². The fourth-order valence-corrected chi connectivity index (χ4v) is 1.58. The smallest absolute Gasteiger partial charge is 0.328 e. The van der Waals surface area contributed by atoms with Gasteiger partial charge >= 0.3 is 5.69 Å². The molecule has 0 atom stereocenters. The quantitative estimate of drug-likeness (QED) is 0.819. The minimum atomic E-state index is -0.0440. The van der Waals surface area contributed by atoms with Crippen LogP contribution in [0, 0.1) is 0 Å². The van der Waals surface area contributed by atoms with Crippen LogP contribution in [0.5, 0.6) is 0 Å². The second kappa shape index (κ2) is 3.49. The SMILES string of the molecule is Cn1ccn(Cc2ccc(Br)o2)c1=O. The van der Waals surface area contributed by atoms with Crippen LogP contribution < -0.4 is 5.69 Å². The van der Waals surface area contributed by atoms with Gasteiger partial charge in [0.25, 0.3) is 0 Å². The molecule has 4 nitrogen and oxygen atoms in total. The van der Waals surface area contributed by atoms with E-state index >= 15 is 0 Å². The second-order valence-electron chi connectivity index (χ2n) is 3.03. The molecule has 0 aliphatic carbocycles. The van der Waals surface area contributed by atoms with Crippen molar-refractivity contribution in [1.82, 2.24) is 9.13 Å². The summed E-state index contributed by atoms with van der Waals surface area (Å²) in [7, 11) is 1.72. The maximum Gasteiger partial charge on any atom is 0.328 e. The highest BCUT2D eigenvalue weighted by Crippen LogP contribution is 2.14. The number of hydrogen-bond donors (Lipinski definition) is 0. The predicted molar refractivity (Wildman–Crippen MR) is 55.2 cm³/mol. The molecule has 0 amide bonds. The van der Waals surface area contributed by atoms with Crippen LogP contribution in [0.15, 0.2) is 38.4 Å². The van der Waals surface area contributed by atoms with Crippen LogP contribution in [-0.4, -0.2) is 9.13 Å². The van der Waals surface area contributed by atoms with E-state index in [9.17, 15) is 4.79 Å². The molecule has 0 bridgehead atoms. The zero-order chi connectivity index (χ0) is 10.1. The average molecular weight is 257 g/mol. The number of halogens is 1. The van der Waals surface area contributed by atoms with Gasteiger partial charge in [0.2, 0.25) is 0 Å². The highest BCUT2D eigenvalue weighted by molar-refractivity contribution is 9.10. The molecule has 0 spiro atoms. The molecule has 2 aromatic heterocycles. The molecule has 0 saturated heterocycles. The van der Waals surface area contributed by atoms with E-state index in [1.54, 1.807) is 24.0 Å². The molecule has 0 fully saturated rings. The lowest BCUT2D eigenvalue weighted by atomic mass is 10.4. The maximum absolute atomic E-state index is 11.5. The number of aromatic nitrogens is 2. The molecule has 0 saturated carbocycles. The van der Waals surface area contributed by atoms with E-state index in [1.807, 2.05) is 12.1 Å². The summed E-state index contributed by atoms with van der Waals surface area (Å²) in [6, 6.07) is 3.65. The molecular formula is C9H9BrN2O2. The first-order chi connectivity index (χ1) is 6.66. The number of rotatable bonds is 2. The lowest BCUT2D eigenvalue weighted by molar-refractivity contribution is 0.470. The molecule has 0 aliphatic heterocycles. The number of furan rings is 1. The van der Waals surface area contributed by atoms with E-state index in [2.05, 4.69) is 15.9 Å². The van der Waals surface area contributed by atoms with Gasteiger partial charge in [-0.3, -0.25) is 4.57 Å². The Balaban J connectivity index is 2.27. The van der Waals surface area contributed by atoms with Crippen molar-refractivity contribution in [1.29, 1.82) is 0 Å². The summed E-state index contributed by atoms with van der Waals surface area (Å²) < 4.78 is 9.09. The van der Waals surface area contributed by atoms with Crippen LogP contribution in [0.25, 0.3) is 0 Å². The third kappa shape index (κ3) is 1.68. The van der Waals surface area contributed by atoms with Crippen molar-refractivity contribution in [2.45, 2.75) is 6.54 Å². The number of nitrogens with zero attached hydrogens (tertiary/aromatic N) is 2. The van der Waals surface area contributed by atoms with E-state index in [0.717, 1.165) is 5.76 Å². The summed E-state index contributed by atoms with van der Waals surface area (Å²) in [6.07, 6.45) is 3.46. The van der Waals surface area contributed by atoms with Gasteiger partial charge in [0, 0.05) is 19.4 Å². The van der Waals surface area contributed by atoms with E-state index < -0.39 is 0 Å². The molecule has 0 N–H and O–H groups in total. The minimum absolute atomic E-state index is 0.0440. The van der Waals surface area contributed by atoms with Crippen LogP contribution in [0.4, 0.5) is 0 Å². The molecule has 2 aromatic rings. The molecular weight excluding hydrogens is 248 g/mol. The topological polar surface area (TPSA) is 40.1 Å². The summed E-state index contributed by atoms with van der Waals surface area (Å²) in [5.74, 6) is 0.755. The standard InChI is InChI=1S/C9H9BrN2O2/c1-11-4-5-12(9(11)13)6-7-2-3-8(10)14-7/h2-5H,6H2,1H3. The Labute approximate surface area is 88.9 Å². The lowest BCUT2D eigenvalue weighted by Gasteiger charge is -1.96. The van der Waals surface area contributed by atoms with Crippen molar-refractivity contribution in [3.05, 3.63) is 45.4 Å². The van der Waals surface area contributed by atoms with Crippen LogP contribution in [0.1, 0.15) is 5.76 Å². The minimum Gasteiger partial charge on any atom is -0.452 e. The summed E-state index contributed by atoms with van der Waals surface area (Å²) in [6.45, 7) is 0.464. The zero-order valence-corrected chi connectivity index (χ0v) is 9.19. The van der Waals surface area contributed by atoms with Crippen molar-refractivity contribution in [2.24, 2.45) is 7.05 Å². The average Bonchev–Trinajstić information content (AvgIpc) is 2.67. The molecule has 5 heteroatoms. The van der Waals surface area contributed by atoms with Gasteiger partial charge in [-0.25, -0.2) is 4.79 Å². The first-order valence-corrected chi connectivity index (χ1v) is 4.92. The van der Waals surface area contributed by atoms with Crippen LogP contribution in [0.2, 0.25) is 0 Å². The molecule has 0 aliphatic rings. The number of imidazole rings is 1. The Morgan fingerprint density at radius 1 is 1.43 bits per heavy atom. The largest absolute Gasteiger partial charge is 0.452 e. The molecule has 0 aromatic carbocycles. The zero-order valence-electron chi connectivity index (χ0n) is 7.61. The first-order valence-electron chi connectivity index (χ1n) is 4.13. The van der Waals surface area contributed by atoms with Gasteiger partial charge in [-0.1, -0.05) is 0 Å². The van der Waals surface area contributed by atoms with E-state index in [-0.39, 0.29) is 5.69 Å². The van der Waals surface area contributed by atoms with Gasteiger partial charge in [-0.15, -0.1) is 0 Å². The summed E-state index contributed by atoms with van der Waals surface area (Å²) >= 11 is 3.21. The fourth-order valence-electron chi connectivity index (χ4n) is 1.24. The van der Waals surface area contributed by atoms with Gasteiger partial charge in [-0.2, -0.15) is 0 Å². The highest BCUT2D eigenvalue weighted by Gasteiger charge is 2.03. The van der Waals surface area contributed by atoms with Crippen molar-refractivity contribution in [3.8, 4) is 0 Å². The molecule has 0 unspecified atom stereocenters. The Morgan fingerprint density at radius 3 is 2.71 bits per heavy atom. The molecule has 14 heavy (non-hydrogen) atoms. The van der Waals surface area contributed by atoms with Gasteiger partial charge in [0.05, 0.1) is 6.54 Å². The Kier molecular flexibility index (Phi) is 2.33. The van der Waals surface area contributed by atoms with Crippen molar-refractivity contribution < 1.29 is 4.42 Å². The summed E-state index contributed by atoms with van der Waals surface area (Å²) in [5.41, 5.74) is -0.0440. The second-order valence-corrected chi connectivity index (χ2v) is 3.81. The van der Waals surface area contributed by atoms with Crippen molar-refractivity contribution in [2.75, 3.05) is 0 Å². The Morgan fingerprint density at radius 2 is 2.21 bits per heavy atom. The third-order valence-electron chi connectivity index (χ3n) is 1.97. The van der Waals surface area contributed by atoms with Gasteiger partial charge in [-0.05, 0) is 28.1 Å². The van der Waals surface area contributed by atoms with E-state index in [1.165, 1.54) is 4.57 Å². The molecule has 2 rings (SSSR count). The third-order valence-corrected chi connectivity index (χ3v) is 2.40. The normalized spacial score (nSPS) is 10.7. The van der Waals surface area contributed by atoms with Crippen LogP contribution in [-0.2, 0) is 13.6 Å². The highest BCUT2D eigenvalue weighted by atomic mass is 79.9. The Hall–Kier alpha value is -1.23. The monoisotopic (exact) mass is 256 g/mol. The van der Waals surface area contributed by atoms with Crippen LogP contribution in [0.3, 0.4) is 0 Å².